The van der Waals surface area contributed by atoms with Crippen molar-refractivity contribution in [3.05, 3.63) is 12.7 Å². The van der Waals surface area contributed by atoms with Gasteiger partial charge in [-0.2, -0.15) is 0 Å². The Balaban J connectivity index is 2.67. The summed E-state index contributed by atoms with van der Waals surface area (Å²) in [6.07, 6.45) is -3.28. The average molecular weight is 254 g/mol. The highest BCUT2D eigenvalue weighted by molar-refractivity contribution is 6.74. The van der Waals surface area contributed by atoms with Crippen molar-refractivity contribution >= 4 is 8.32 Å². The van der Waals surface area contributed by atoms with E-state index in [0.29, 0.717) is 24.9 Å². The second-order valence-corrected chi connectivity index (χ2v) is 8.11. The summed E-state index contributed by atoms with van der Waals surface area (Å²) in [6, 6.07) is 0.772. The van der Waals surface area contributed by atoms with Gasteiger partial charge in [0.1, 0.15) is 6.29 Å². The van der Waals surface area contributed by atoms with Crippen molar-refractivity contribution in [1.29, 1.82) is 0 Å². The van der Waals surface area contributed by atoms with E-state index in [-0.39, 0.29) is 6.04 Å². The van der Waals surface area contributed by atoms with Crippen LogP contribution in [0.25, 0.3) is 0 Å². The molecule has 2 nitrogen and oxygen atoms in total. The zero-order valence-electron chi connectivity index (χ0n) is 9.04. The van der Waals surface area contributed by atoms with Gasteiger partial charge in [-0.25, -0.2) is 13.2 Å². The van der Waals surface area contributed by atoms with Crippen LogP contribution >= 0.6 is 0 Å². The summed E-state index contributed by atoms with van der Waals surface area (Å²) < 4.78 is 42.9. The molecule has 16 heavy (non-hydrogen) atoms. The largest absolute Gasteiger partial charge is 0.392 e. The predicted octanol–water partition coefficient (Wildman–Crippen LogP) is 2.85. The van der Waals surface area contributed by atoms with Gasteiger partial charge < -0.3 is 9.53 Å². The monoisotopic (exact) mass is 254 g/mol. The van der Waals surface area contributed by atoms with E-state index in [0.717, 1.165) is 0 Å². The van der Waals surface area contributed by atoms with Gasteiger partial charge in [0.15, 0.2) is 6.17 Å². The Kier molecular flexibility index (Phi) is 5.01. The van der Waals surface area contributed by atoms with Crippen LogP contribution in [0.4, 0.5) is 13.2 Å². The minimum Gasteiger partial charge on any atom is -0.392 e. The van der Waals surface area contributed by atoms with Crippen molar-refractivity contribution in [2.45, 2.75) is 49.9 Å². The first-order valence-corrected chi connectivity index (χ1v) is 7.91. The second-order valence-electron chi connectivity index (χ2n) is 4.20. The third-order valence-electron chi connectivity index (χ3n) is 2.83. The molecule has 1 saturated heterocycles. The number of hydrogen-bond donors (Lipinski definition) is 1. The van der Waals surface area contributed by atoms with Crippen LogP contribution < -0.4 is 0 Å². The summed E-state index contributed by atoms with van der Waals surface area (Å²) >= 11 is 0. The summed E-state index contributed by atoms with van der Waals surface area (Å²) in [6.45, 7) is 3.54. The molecule has 0 saturated carbocycles. The Labute approximate surface area is 94.2 Å². The summed E-state index contributed by atoms with van der Waals surface area (Å²) in [5.41, 5.74) is 0. The Bertz CT molecular complexity index is 240. The summed E-state index contributed by atoms with van der Waals surface area (Å²) in [5, 5.41) is 9.39. The Morgan fingerprint density at radius 2 is 2.19 bits per heavy atom. The number of halogens is 3. The maximum Gasteiger partial charge on any atom is 0.269 e. The molecule has 94 valence electrons. The number of alkyl halides is 3. The molecule has 3 unspecified atom stereocenters. The topological polar surface area (TPSA) is 29.5 Å². The van der Waals surface area contributed by atoms with Gasteiger partial charge in [0, 0.05) is 6.04 Å². The second kappa shape index (κ2) is 5.84. The Morgan fingerprint density at radius 3 is 2.69 bits per heavy atom. The van der Waals surface area contributed by atoms with Gasteiger partial charge in [-0.05, 0) is 24.9 Å². The summed E-state index contributed by atoms with van der Waals surface area (Å²) in [7, 11) is -2.59. The van der Waals surface area contributed by atoms with Gasteiger partial charge in [-0.15, -0.1) is 6.58 Å². The molecule has 0 radical (unpaired) electrons. The number of allylic oxidation sites excluding steroid dienone is 1. The first kappa shape index (κ1) is 13.7. The molecule has 6 heteroatoms. The van der Waals surface area contributed by atoms with E-state index in [9.17, 15) is 18.3 Å². The van der Waals surface area contributed by atoms with E-state index in [1.54, 1.807) is 6.08 Å². The van der Waals surface area contributed by atoms with E-state index in [1.165, 1.54) is 0 Å². The molecule has 0 aromatic rings. The van der Waals surface area contributed by atoms with Crippen molar-refractivity contribution in [2.24, 2.45) is 0 Å². The fourth-order valence-corrected chi connectivity index (χ4v) is 5.94. The van der Waals surface area contributed by atoms with Crippen molar-refractivity contribution in [1.82, 2.24) is 0 Å². The van der Waals surface area contributed by atoms with Crippen molar-refractivity contribution < 1.29 is 22.7 Å². The lowest BCUT2D eigenvalue weighted by Gasteiger charge is -2.37. The van der Waals surface area contributed by atoms with E-state index in [1.807, 2.05) is 0 Å². The van der Waals surface area contributed by atoms with Crippen molar-refractivity contribution in [2.75, 3.05) is 0 Å². The quantitative estimate of drug-likeness (QED) is 0.604. The van der Waals surface area contributed by atoms with Crippen LogP contribution in [0, 0.1) is 0 Å². The minimum atomic E-state index is -2.98. The Morgan fingerprint density at radius 1 is 1.50 bits per heavy atom. The van der Waals surface area contributed by atoms with E-state index in [2.05, 4.69) is 6.58 Å². The molecule has 1 N–H and O–H groups in total. The van der Waals surface area contributed by atoms with Gasteiger partial charge in [0.25, 0.3) is 6.43 Å². The third-order valence-corrected chi connectivity index (χ3v) is 7.03. The standard InChI is InChI=1S/C10H17F3O2Si/c1-2-5-16(7-8(11)10(12)13)6-3-4-9(14)15-16/h2,8-10,14H,1,3-7H2. The number of rotatable bonds is 5. The molecule has 0 aromatic carbocycles. The molecule has 1 fully saturated rings. The molecule has 0 aliphatic carbocycles. The van der Waals surface area contributed by atoms with Crippen LogP contribution in [-0.2, 0) is 4.43 Å². The molecular weight excluding hydrogens is 237 g/mol. The van der Waals surface area contributed by atoms with Gasteiger partial charge in [-0.1, -0.05) is 6.08 Å². The lowest BCUT2D eigenvalue weighted by molar-refractivity contribution is -0.0454. The van der Waals surface area contributed by atoms with Crippen LogP contribution in [0.2, 0.25) is 18.1 Å². The van der Waals surface area contributed by atoms with E-state index >= 15 is 0 Å². The molecule has 0 bridgehead atoms. The fraction of sp³-hybridized carbons (Fsp3) is 0.800. The van der Waals surface area contributed by atoms with Crippen LogP contribution in [0.5, 0.6) is 0 Å². The maximum atomic E-state index is 13.1. The maximum absolute atomic E-state index is 13.1. The lowest BCUT2D eigenvalue weighted by Crippen LogP contribution is -2.47. The molecular formula is C10H17F3O2Si. The lowest BCUT2D eigenvalue weighted by atomic mass is 10.3. The van der Waals surface area contributed by atoms with Gasteiger partial charge in [0.05, 0.1) is 0 Å². The Hall–Kier alpha value is -0.333. The van der Waals surface area contributed by atoms with E-state index < -0.39 is 27.2 Å². The number of aliphatic hydroxyl groups excluding tert-OH is 1. The normalized spacial score (nSPS) is 32.7. The zero-order chi connectivity index (χ0) is 12.2. The zero-order valence-corrected chi connectivity index (χ0v) is 10.0. The molecule has 1 aliphatic rings. The number of aliphatic hydroxyl groups is 1. The van der Waals surface area contributed by atoms with Crippen LogP contribution in [0.1, 0.15) is 12.8 Å². The average Bonchev–Trinajstić information content (AvgIpc) is 2.17. The van der Waals surface area contributed by atoms with Crippen molar-refractivity contribution in [3.63, 3.8) is 0 Å². The SMILES string of the molecule is C=CC[Si]1(CC(F)C(F)F)CCCC(O)O1. The molecule has 1 rings (SSSR count). The molecule has 1 heterocycles. The highest BCUT2D eigenvalue weighted by atomic mass is 28.4. The van der Waals surface area contributed by atoms with E-state index in [4.69, 9.17) is 4.43 Å². The first-order valence-electron chi connectivity index (χ1n) is 5.38. The molecule has 3 atom stereocenters. The molecule has 0 amide bonds. The van der Waals surface area contributed by atoms with Gasteiger partial charge in [0.2, 0.25) is 8.32 Å². The predicted molar refractivity (Wildman–Crippen MR) is 57.6 cm³/mol. The molecule has 1 aliphatic heterocycles. The third kappa shape index (κ3) is 3.60. The van der Waals surface area contributed by atoms with Gasteiger partial charge >= 0.3 is 0 Å². The van der Waals surface area contributed by atoms with Crippen LogP contribution in [0.3, 0.4) is 0 Å². The first-order chi connectivity index (χ1) is 7.49. The number of hydrogen-bond acceptors (Lipinski definition) is 2. The smallest absolute Gasteiger partial charge is 0.269 e. The minimum absolute atomic E-state index is 0.256. The van der Waals surface area contributed by atoms with Gasteiger partial charge in [-0.3, -0.25) is 0 Å². The highest BCUT2D eigenvalue weighted by Gasteiger charge is 2.42. The molecule has 0 aromatic heterocycles. The van der Waals surface area contributed by atoms with Crippen LogP contribution in [-0.4, -0.2) is 32.3 Å². The summed E-state index contributed by atoms with van der Waals surface area (Å²) in [4.78, 5) is 0. The summed E-state index contributed by atoms with van der Waals surface area (Å²) in [5.74, 6) is 0. The van der Waals surface area contributed by atoms with Crippen molar-refractivity contribution in [3.8, 4) is 0 Å². The molecule has 0 spiro atoms. The highest BCUT2D eigenvalue weighted by Crippen LogP contribution is 2.34. The van der Waals surface area contributed by atoms with Crippen LogP contribution in [0.15, 0.2) is 12.7 Å². The fourth-order valence-electron chi connectivity index (χ4n) is 2.10.